The summed E-state index contributed by atoms with van der Waals surface area (Å²) < 4.78 is 10.5. The Hall–Kier alpha value is -2.12. The Morgan fingerprint density at radius 2 is 1.03 bits per heavy atom. The van der Waals surface area contributed by atoms with Crippen LogP contribution >= 0.6 is 0 Å². The molecule has 160 valence electrons. The molecular formula is C23H32O6. The molecule has 0 aliphatic carbocycles. The summed E-state index contributed by atoms with van der Waals surface area (Å²) in [6.45, 7) is 4.51. The Balaban J connectivity index is 2.64. The van der Waals surface area contributed by atoms with E-state index in [0.717, 1.165) is 11.1 Å². The summed E-state index contributed by atoms with van der Waals surface area (Å²) in [4.78, 5) is 0. The molecule has 0 heterocycles. The Morgan fingerprint density at radius 1 is 0.690 bits per heavy atom. The van der Waals surface area contributed by atoms with E-state index in [0.29, 0.717) is 35.1 Å². The number of hydrogen-bond acceptors (Lipinski definition) is 6. The van der Waals surface area contributed by atoms with Crippen molar-refractivity contribution in [2.45, 2.75) is 45.3 Å². The molecule has 0 aliphatic rings. The number of phenols is 2. The van der Waals surface area contributed by atoms with Crippen LogP contribution in [-0.4, -0.2) is 47.9 Å². The Morgan fingerprint density at radius 3 is 1.38 bits per heavy atom. The molecule has 2 rings (SSSR count). The second-order valence-electron chi connectivity index (χ2n) is 7.72. The number of hydrogen-bond donors (Lipinski definition) is 4. The first-order chi connectivity index (χ1) is 13.8. The Kier molecular flexibility index (Phi) is 8.05. The van der Waals surface area contributed by atoms with Crippen molar-refractivity contribution in [3.8, 4) is 11.5 Å². The van der Waals surface area contributed by atoms with E-state index in [2.05, 4.69) is 13.8 Å². The molecule has 0 aliphatic heterocycles. The molecule has 2 aromatic rings. The molecule has 0 saturated carbocycles. The van der Waals surface area contributed by atoms with E-state index >= 15 is 0 Å². The number of aliphatic hydroxyl groups is 2. The van der Waals surface area contributed by atoms with Gasteiger partial charge in [-0.15, -0.1) is 0 Å². The van der Waals surface area contributed by atoms with E-state index < -0.39 is 5.41 Å². The minimum absolute atomic E-state index is 0.0782. The highest BCUT2D eigenvalue weighted by molar-refractivity contribution is 5.52. The predicted octanol–water partition coefficient (Wildman–Crippen LogP) is 2.79. The predicted molar refractivity (Wildman–Crippen MR) is 111 cm³/mol. The molecular weight excluding hydrogens is 372 g/mol. The zero-order chi connectivity index (χ0) is 21.6. The smallest absolute Gasteiger partial charge is 0.126 e. The highest BCUT2D eigenvalue weighted by atomic mass is 16.5. The maximum Gasteiger partial charge on any atom is 0.126 e. The number of phenolic OH excluding ortho intramolecular Hbond substituents is 2. The molecule has 0 fully saturated rings. The van der Waals surface area contributed by atoms with Crippen molar-refractivity contribution >= 4 is 0 Å². The number of ether oxygens (including phenoxy) is 2. The minimum Gasteiger partial charge on any atom is -0.507 e. The Labute approximate surface area is 172 Å². The van der Waals surface area contributed by atoms with Gasteiger partial charge in [-0.3, -0.25) is 0 Å². The van der Waals surface area contributed by atoms with E-state index in [-0.39, 0.29) is 37.9 Å². The third-order valence-corrected chi connectivity index (χ3v) is 5.34. The number of aromatic hydroxyl groups is 2. The number of aliphatic hydroxyl groups excluding tert-OH is 2. The van der Waals surface area contributed by atoms with Crippen molar-refractivity contribution in [1.29, 1.82) is 0 Å². The van der Waals surface area contributed by atoms with Crippen LogP contribution in [0, 0.1) is 0 Å². The van der Waals surface area contributed by atoms with Crippen molar-refractivity contribution in [2.24, 2.45) is 0 Å². The molecule has 0 aromatic heterocycles. The normalized spacial score (nSPS) is 11.8. The summed E-state index contributed by atoms with van der Waals surface area (Å²) in [5.41, 5.74) is 4.08. The zero-order valence-corrected chi connectivity index (χ0v) is 17.7. The van der Waals surface area contributed by atoms with E-state index in [1.54, 1.807) is 14.2 Å². The van der Waals surface area contributed by atoms with E-state index in [4.69, 9.17) is 9.47 Å². The van der Waals surface area contributed by atoms with Crippen molar-refractivity contribution < 1.29 is 29.9 Å². The SMILES string of the molecule is COCc1cc(C(C)(C)c2cc(CCO)c(O)c(CCO)c2)cc(COC)c1O. The van der Waals surface area contributed by atoms with Crippen LogP contribution in [0.2, 0.25) is 0 Å². The average Bonchev–Trinajstić information content (AvgIpc) is 2.68. The van der Waals surface area contributed by atoms with Gasteiger partial charge in [0.15, 0.2) is 0 Å². The first-order valence-electron chi connectivity index (χ1n) is 9.70. The summed E-state index contributed by atoms with van der Waals surface area (Å²) in [5, 5.41) is 39.8. The van der Waals surface area contributed by atoms with Crippen LogP contribution in [0.3, 0.4) is 0 Å². The van der Waals surface area contributed by atoms with Gasteiger partial charge in [0.05, 0.1) is 13.2 Å². The van der Waals surface area contributed by atoms with E-state index in [1.807, 2.05) is 24.3 Å². The van der Waals surface area contributed by atoms with Gasteiger partial charge < -0.3 is 29.9 Å². The minimum atomic E-state index is -0.471. The van der Waals surface area contributed by atoms with Gasteiger partial charge in [-0.25, -0.2) is 0 Å². The summed E-state index contributed by atoms with van der Waals surface area (Å²) >= 11 is 0. The van der Waals surface area contributed by atoms with Gasteiger partial charge in [-0.2, -0.15) is 0 Å². The lowest BCUT2D eigenvalue weighted by Gasteiger charge is -2.29. The first kappa shape index (κ1) is 23.2. The molecule has 0 unspecified atom stereocenters. The van der Waals surface area contributed by atoms with Gasteiger partial charge >= 0.3 is 0 Å². The molecule has 0 spiro atoms. The molecule has 6 nitrogen and oxygen atoms in total. The fourth-order valence-corrected chi connectivity index (χ4v) is 3.56. The lowest BCUT2D eigenvalue weighted by atomic mass is 9.75. The maximum absolute atomic E-state index is 10.5. The van der Waals surface area contributed by atoms with Gasteiger partial charge in [-0.05, 0) is 47.2 Å². The maximum atomic E-state index is 10.5. The van der Waals surface area contributed by atoms with Crippen molar-refractivity contribution in [1.82, 2.24) is 0 Å². The standard InChI is InChI=1S/C23H32O6/c1-23(2,19-9-15(5-7-24)21(26)16(10-19)6-8-25)20-11-17(13-28-3)22(27)18(12-20)14-29-4/h9-12,24-27H,5-8,13-14H2,1-4H3. The lowest BCUT2D eigenvalue weighted by Crippen LogP contribution is -2.21. The van der Waals surface area contributed by atoms with Crippen LogP contribution in [0.15, 0.2) is 24.3 Å². The van der Waals surface area contributed by atoms with Crippen molar-refractivity contribution in [3.05, 3.63) is 57.6 Å². The Bertz CT molecular complexity index is 707. The van der Waals surface area contributed by atoms with Gasteiger partial charge in [-0.1, -0.05) is 26.0 Å². The molecule has 0 amide bonds. The molecule has 0 radical (unpaired) electrons. The van der Waals surface area contributed by atoms with Crippen LogP contribution in [-0.2, 0) is 40.9 Å². The summed E-state index contributed by atoms with van der Waals surface area (Å²) in [7, 11) is 3.16. The van der Waals surface area contributed by atoms with E-state index in [9.17, 15) is 20.4 Å². The second-order valence-corrected chi connectivity index (χ2v) is 7.72. The molecule has 0 atom stereocenters. The summed E-state index contributed by atoms with van der Waals surface area (Å²) in [5.74, 6) is 0.291. The first-order valence-corrected chi connectivity index (χ1v) is 9.70. The van der Waals surface area contributed by atoms with Crippen molar-refractivity contribution in [3.63, 3.8) is 0 Å². The quantitative estimate of drug-likeness (QED) is 0.486. The van der Waals surface area contributed by atoms with Gasteiger partial charge in [0.25, 0.3) is 0 Å². The highest BCUT2D eigenvalue weighted by Gasteiger charge is 2.27. The van der Waals surface area contributed by atoms with Crippen LogP contribution in [0.4, 0.5) is 0 Å². The fourth-order valence-electron chi connectivity index (χ4n) is 3.56. The summed E-state index contributed by atoms with van der Waals surface area (Å²) in [6, 6.07) is 7.63. The molecule has 4 N–H and O–H groups in total. The van der Waals surface area contributed by atoms with Gasteiger partial charge in [0.2, 0.25) is 0 Å². The molecule has 2 aromatic carbocycles. The van der Waals surface area contributed by atoms with Crippen LogP contribution in [0.5, 0.6) is 11.5 Å². The second kappa shape index (κ2) is 10.1. The topological polar surface area (TPSA) is 99.4 Å². The van der Waals surface area contributed by atoms with Crippen LogP contribution < -0.4 is 0 Å². The molecule has 6 heteroatoms. The largest absolute Gasteiger partial charge is 0.507 e. The third-order valence-electron chi connectivity index (χ3n) is 5.34. The fraction of sp³-hybridized carbons (Fsp3) is 0.478. The van der Waals surface area contributed by atoms with Gasteiger partial charge in [0.1, 0.15) is 11.5 Å². The number of methoxy groups -OCH3 is 2. The number of benzene rings is 2. The molecule has 0 bridgehead atoms. The zero-order valence-electron chi connectivity index (χ0n) is 17.7. The average molecular weight is 405 g/mol. The molecule has 0 saturated heterocycles. The number of rotatable bonds is 10. The highest BCUT2D eigenvalue weighted by Crippen LogP contribution is 2.39. The monoisotopic (exact) mass is 404 g/mol. The van der Waals surface area contributed by atoms with E-state index in [1.165, 1.54) is 0 Å². The van der Waals surface area contributed by atoms with Crippen LogP contribution in [0.1, 0.15) is 47.2 Å². The lowest BCUT2D eigenvalue weighted by molar-refractivity contribution is 0.174. The molecule has 29 heavy (non-hydrogen) atoms. The third kappa shape index (κ3) is 5.08. The summed E-state index contributed by atoms with van der Waals surface area (Å²) in [6.07, 6.45) is 0.654. The van der Waals surface area contributed by atoms with Crippen molar-refractivity contribution in [2.75, 3.05) is 27.4 Å². The van der Waals surface area contributed by atoms with Gasteiger partial charge in [0, 0.05) is 44.0 Å². The van der Waals surface area contributed by atoms with Crippen LogP contribution in [0.25, 0.3) is 0 Å².